The number of aromatic nitrogens is 3. The van der Waals surface area contributed by atoms with Crippen molar-refractivity contribution < 1.29 is 0 Å². The lowest BCUT2D eigenvalue weighted by atomic mass is 10.2. The summed E-state index contributed by atoms with van der Waals surface area (Å²) in [5.74, 6) is 1.84. The Balaban J connectivity index is 2.06. The predicted molar refractivity (Wildman–Crippen MR) is 87.9 cm³/mol. The van der Waals surface area contributed by atoms with Gasteiger partial charge in [-0.3, -0.25) is 4.98 Å². The van der Waals surface area contributed by atoms with Crippen LogP contribution in [0.15, 0.2) is 29.8 Å². The van der Waals surface area contributed by atoms with E-state index in [4.69, 9.17) is 4.98 Å². The Labute approximate surface area is 128 Å². The smallest absolute Gasteiger partial charge is 0.141 e. The van der Waals surface area contributed by atoms with Gasteiger partial charge in [0.15, 0.2) is 0 Å². The van der Waals surface area contributed by atoms with Crippen LogP contribution in [0.1, 0.15) is 24.0 Å². The van der Waals surface area contributed by atoms with Gasteiger partial charge in [-0.1, -0.05) is 6.07 Å². The second-order valence-corrected chi connectivity index (χ2v) is 5.89. The molecule has 21 heavy (non-hydrogen) atoms. The zero-order valence-electron chi connectivity index (χ0n) is 12.5. The molecule has 0 atom stereocenters. The van der Waals surface area contributed by atoms with Gasteiger partial charge in [-0.2, -0.15) is 0 Å². The van der Waals surface area contributed by atoms with Gasteiger partial charge < -0.3 is 4.90 Å². The first-order chi connectivity index (χ1) is 10.2. The summed E-state index contributed by atoms with van der Waals surface area (Å²) in [5.41, 5.74) is 2.29. The molecule has 0 radical (unpaired) electrons. The van der Waals surface area contributed by atoms with Crippen LogP contribution in [0.5, 0.6) is 0 Å². The molecule has 0 aliphatic carbocycles. The Morgan fingerprint density at radius 1 is 1.19 bits per heavy atom. The Bertz CT molecular complexity index is 752. The molecule has 0 aromatic carbocycles. The number of anilines is 1. The van der Waals surface area contributed by atoms with E-state index in [0.717, 1.165) is 35.3 Å². The predicted octanol–water partition coefficient (Wildman–Crippen LogP) is 3.73. The molecule has 5 heteroatoms. The molecule has 108 valence electrons. The highest BCUT2D eigenvalue weighted by Gasteiger charge is 2.16. The number of thiophene rings is 1. The van der Waals surface area contributed by atoms with E-state index in [2.05, 4.69) is 34.1 Å². The van der Waals surface area contributed by atoms with Crippen LogP contribution in [0.2, 0.25) is 0 Å². The van der Waals surface area contributed by atoms with Crippen molar-refractivity contribution >= 4 is 27.4 Å². The second kappa shape index (κ2) is 5.77. The highest BCUT2D eigenvalue weighted by molar-refractivity contribution is 7.17. The summed E-state index contributed by atoms with van der Waals surface area (Å²) >= 11 is 1.68. The molecule has 0 N–H and O–H groups in total. The summed E-state index contributed by atoms with van der Waals surface area (Å²) in [6, 6.07) is 6.01. The van der Waals surface area contributed by atoms with Gasteiger partial charge in [-0.25, -0.2) is 9.97 Å². The van der Waals surface area contributed by atoms with Crippen LogP contribution in [0.4, 0.5) is 5.82 Å². The molecule has 3 heterocycles. The lowest BCUT2D eigenvalue weighted by Crippen LogP contribution is -2.24. The normalized spacial score (nSPS) is 11.0. The van der Waals surface area contributed by atoms with Crippen molar-refractivity contribution in [2.24, 2.45) is 0 Å². The SMILES string of the molecule is CCN(Cc1ccccn1)c1nc(C)nc2scc(C)c12. The molecule has 0 aliphatic rings. The number of rotatable bonds is 4. The molecule has 3 aromatic rings. The van der Waals surface area contributed by atoms with E-state index in [1.807, 2.05) is 31.3 Å². The first-order valence-electron chi connectivity index (χ1n) is 7.06. The third-order valence-corrected chi connectivity index (χ3v) is 4.46. The minimum Gasteiger partial charge on any atom is -0.350 e. The average Bonchev–Trinajstić information content (AvgIpc) is 2.86. The number of aryl methyl sites for hydroxylation is 2. The fourth-order valence-electron chi connectivity index (χ4n) is 2.42. The summed E-state index contributed by atoms with van der Waals surface area (Å²) in [7, 11) is 0. The van der Waals surface area contributed by atoms with Crippen LogP contribution in [0.3, 0.4) is 0 Å². The van der Waals surface area contributed by atoms with Crippen LogP contribution in [0.25, 0.3) is 10.2 Å². The standard InChI is InChI=1S/C16H18N4S/c1-4-20(9-13-7-5-6-8-17-13)15-14-11(2)10-21-16(14)19-12(3)18-15/h5-8,10H,4,9H2,1-3H3. The molecule has 3 aromatic heterocycles. The Morgan fingerprint density at radius 3 is 2.76 bits per heavy atom. The van der Waals surface area contributed by atoms with Crippen molar-refractivity contribution in [2.45, 2.75) is 27.3 Å². The number of nitrogens with zero attached hydrogens (tertiary/aromatic N) is 4. The zero-order chi connectivity index (χ0) is 14.8. The van der Waals surface area contributed by atoms with Gasteiger partial charge in [0.05, 0.1) is 17.6 Å². The minimum absolute atomic E-state index is 0.762. The molecule has 0 bridgehead atoms. The number of fused-ring (bicyclic) bond motifs is 1. The van der Waals surface area contributed by atoms with Gasteiger partial charge in [0.2, 0.25) is 0 Å². The van der Waals surface area contributed by atoms with E-state index in [9.17, 15) is 0 Å². The van der Waals surface area contributed by atoms with Crippen molar-refractivity contribution in [3.05, 3.63) is 46.9 Å². The maximum atomic E-state index is 4.70. The molecule has 0 amide bonds. The van der Waals surface area contributed by atoms with Crippen molar-refractivity contribution in [1.29, 1.82) is 0 Å². The number of pyridine rings is 1. The topological polar surface area (TPSA) is 41.9 Å². The molecule has 0 spiro atoms. The largest absolute Gasteiger partial charge is 0.350 e. The molecular weight excluding hydrogens is 280 g/mol. The molecule has 0 saturated heterocycles. The quantitative estimate of drug-likeness (QED) is 0.736. The minimum atomic E-state index is 0.762. The Kier molecular flexibility index (Phi) is 3.84. The lowest BCUT2D eigenvalue weighted by Gasteiger charge is -2.23. The van der Waals surface area contributed by atoms with Crippen LogP contribution >= 0.6 is 11.3 Å². The fraction of sp³-hybridized carbons (Fsp3) is 0.312. The van der Waals surface area contributed by atoms with Crippen LogP contribution in [-0.4, -0.2) is 21.5 Å². The van der Waals surface area contributed by atoms with Crippen molar-refractivity contribution in [1.82, 2.24) is 15.0 Å². The van der Waals surface area contributed by atoms with Gasteiger partial charge in [0.25, 0.3) is 0 Å². The van der Waals surface area contributed by atoms with E-state index in [1.165, 1.54) is 10.9 Å². The summed E-state index contributed by atoms with van der Waals surface area (Å²) in [6.45, 7) is 7.87. The van der Waals surface area contributed by atoms with E-state index in [0.29, 0.717) is 0 Å². The maximum absolute atomic E-state index is 4.70. The highest BCUT2D eigenvalue weighted by atomic mass is 32.1. The average molecular weight is 298 g/mol. The third kappa shape index (κ3) is 2.74. The number of hydrogen-bond donors (Lipinski definition) is 0. The molecule has 0 unspecified atom stereocenters. The van der Waals surface area contributed by atoms with Gasteiger partial charge in [-0.05, 0) is 43.8 Å². The first-order valence-corrected chi connectivity index (χ1v) is 7.94. The summed E-state index contributed by atoms with van der Waals surface area (Å²) in [4.78, 5) is 17.0. The van der Waals surface area contributed by atoms with Gasteiger partial charge in [0.1, 0.15) is 16.5 Å². The number of hydrogen-bond acceptors (Lipinski definition) is 5. The second-order valence-electron chi connectivity index (χ2n) is 5.03. The van der Waals surface area contributed by atoms with Gasteiger partial charge in [-0.15, -0.1) is 11.3 Å². The van der Waals surface area contributed by atoms with Crippen molar-refractivity contribution in [3.8, 4) is 0 Å². The van der Waals surface area contributed by atoms with Crippen LogP contribution in [-0.2, 0) is 6.54 Å². The first kappa shape index (κ1) is 13.9. The fourth-order valence-corrected chi connectivity index (χ4v) is 3.38. The van der Waals surface area contributed by atoms with Crippen molar-refractivity contribution in [2.75, 3.05) is 11.4 Å². The van der Waals surface area contributed by atoms with Crippen molar-refractivity contribution in [3.63, 3.8) is 0 Å². The van der Waals surface area contributed by atoms with E-state index in [-0.39, 0.29) is 0 Å². The Morgan fingerprint density at radius 2 is 2.05 bits per heavy atom. The molecule has 0 saturated carbocycles. The summed E-state index contributed by atoms with van der Waals surface area (Å²) in [5, 5.41) is 3.32. The lowest BCUT2D eigenvalue weighted by molar-refractivity contribution is 0.793. The van der Waals surface area contributed by atoms with E-state index >= 15 is 0 Å². The van der Waals surface area contributed by atoms with Crippen LogP contribution in [0, 0.1) is 13.8 Å². The van der Waals surface area contributed by atoms with Crippen LogP contribution < -0.4 is 4.90 Å². The van der Waals surface area contributed by atoms with E-state index < -0.39 is 0 Å². The third-order valence-electron chi connectivity index (χ3n) is 3.47. The highest BCUT2D eigenvalue weighted by Crippen LogP contribution is 2.32. The maximum Gasteiger partial charge on any atom is 0.141 e. The molecular formula is C16H18N4S. The summed E-state index contributed by atoms with van der Waals surface area (Å²) < 4.78 is 0. The molecule has 0 aliphatic heterocycles. The Hall–Kier alpha value is -2.01. The summed E-state index contributed by atoms with van der Waals surface area (Å²) in [6.07, 6.45) is 1.83. The monoisotopic (exact) mass is 298 g/mol. The van der Waals surface area contributed by atoms with Gasteiger partial charge >= 0.3 is 0 Å². The molecule has 4 nitrogen and oxygen atoms in total. The zero-order valence-corrected chi connectivity index (χ0v) is 13.3. The van der Waals surface area contributed by atoms with Gasteiger partial charge in [0, 0.05) is 12.7 Å². The van der Waals surface area contributed by atoms with E-state index in [1.54, 1.807) is 11.3 Å². The molecule has 0 fully saturated rings. The molecule has 3 rings (SSSR count).